The second kappa shape index (κ2) is 6.06. The molecule has 1 aromatic heterocycles. The summed E-state index contributed by atoms with van der Waals surface area (Å²) in [7, 11) is -3.66. The maximum absolute atomic E-state index is 11.1. The van der Waals surface area contributed by atoms with Crippen molar-refractivity contribution in [1.82, 2.24) is 5.16 Å². The van der Waals surface area contributed by atoms with E-state index in [0.717, 1.165) is 11.3 Å². The van der Waals surface area contributed by atoms with Gasteiger partial charge in [0.2, 0.25) is 15.9 Å². The number of hydrogen-bond donors (Lipinski definition) is 2. The number of anilines is 2. The van der Waals surface area contributed by atoms with Crippen LogP contribution < -0.4 is 10.5 Å². The molecule has 0 aliphatic carbocycles. The van der Waals surface area contributed by atoms with Gasteiger partial charge in [-0.15, -0.1) is 0 Å². The van der Waals surface area contributed by atoms with Crippen LogP contribution in [0.2, 0.25) is 0 Å². The van der Waals surface area contributed by atoms with Crippen LogP contribution in [0.1, 0.15) is 11.3 Å². The second-order valence-electron chi connectivity index (χ2n) is 3.92. The third kappa shape index (κ3) is 3.80. The van der Waals surface area contributed by atoms with Gasteiger partial charge >= 0.3 is 0 Å². The molecule has 0 atom stereocenters. The van der Waals surface area contributed by atoms with E-state index in [2.05, 4.69) is 10.5 Å². The summed E-state index contributed by atoms with van der Waals surface area (Å²) in [6.45, 7) is 3.72. The van der Waals surface area contributed by atoms with Gasteiger partial charge in [0.25, 0.3) is 0 Å². The molecule has 0 aliphatic heterocycles. The maximum atomic E-state index is 11.1. The van der Waals surface area contributed by atoms with Crippen LogP contribution in [0, 0.1) is 13.8 Å². The number of nitrogens with one attached hydrogen (secondary N) is 1. The molecule has 0 aliphatic rings. The number of sulfonamides is 1. The first kappa shape index (κ1) is 16.2. The Balaban J connectivity index is 0.00000180. The molecule has 1 aromatic carbocycles. The largest absolute Gasteiger partial charge is 0.338 e. The van der Waals surface area contributed by atoms with Gasteiger partial charge in [-0.1, -0.05) is 5.16 Å². The molecule has 0 amide bonds. The van der Waals surface area contributed by atoms with E-state index in [1.165, 1.54) is 12.1 Å². The van der Waals surface area contributed by atoms with Gasteiger partial charge in [0.1, 0.15) is 0 Å². The average molecular weight is 290 g/mol. The average Bonchev–Trinajstić information content (AvgIpc) is 2.61. The first-order valence-corrected chi connectivity index (χ1v) is 6.75. The van der Waals surface area contributed by atoms with Gasteiger partial charge < -0.3 is 9.84 Å². The van der Waals surface area contributed by atoms with Crippen molar-refractivity contribution in [1.29, 1.82) is 0 Å². The number of rotatable bonds is 3. The Morgan fingerprint density at radius 1 is 1.21 bits per heavy atom. The molecular weight excluding hydrogens is 277 g/mol. The monoisotopic (exact) mass is 290 g/mol. The van der Waals surface area contributed by atoms with Crippen LogP contribution in [0.4, 0.5) is 11.6 Å². The fourth-order valence-corrected chi connectivity index (χ4v) is 1.91. The molecule has 8 heteroatoms. The minimum absolute atomic E-state index is 0. The molecule has 0 bridgehead atoms. The van der Waals surface area contributed by atoms with Crippen molar-refractivity contribution in [3.8, 4) is 0 Å². The first-order valence-electron chi connectivity index (χ1n) is 5.20. The van der Waals surface area contributed by atoms with Crippen LogP contribution in [0.3, 0.4) is 0 Å². The molecule has 97 valence electrons. The molecule has 19 heavy (non-hydrogen) atoms. The third-order valence-corrected chi connectivity index (χ3v) is 3.53. The summed E-state index contributed by atoms with van der Waals surface area (Å²) in [4.78, 5) is 0.0681. The molecule has 2 aromatic rings. The van der Waals surface area contributed by atoms with Crippen LogP contribution >= 0.6 is 0 Å². The maximum Gasteiger partial charge on any atom is 0.238 e. The van der Waals surface area contributed by atoms with Gasteiger partial charge in [0.05, 0.1) is 10.6 Å². The molecule has 6 nitrogen and oxygen atoms in total. The molecule has 0 fully saturated rings. The van der Waals surface area contributed by atoms with Gasteiger partial charge in [0.15, 0.2) is 0 Å². The molecule has 0 saturated heterocycles. The zero-order chi connectivity index (χ0) is 13.3. The van der Waals surface area contributed by atoms with Crippen molar-refractivity contribution >= 4 is 51.2 Å². The third-order valence-electron chi connectivity index (χ3n) is 2.60. The van der Waals surface area contributed by atoms with E-state index < -0.39 is 10.0 Å². The van der Waals surface area contributed by atoms with Crippen LogP contribution in [0.25, 0.3) is 0 Å². The standard InChI is InChI=1S/C11H13N3O3S.Na/c1-7-8(2)14-17-11(7)13-9-3-5-10(6-4-9)18(12,15)16;/h3-6,13H,1-2H3,(H2,12,15,16);. The van der Waals surface area contributed by atoms with Gasteiger partial charge in [-0.25, -0.2) is 13.6 Å². The number of aromatic nitrogens is 1. The molecule has 0 spiro atoms. The summed E-state index contributed by atoms with van der Waals surface area (Å²) in [6, 6.07) is 6.07. The van der Waals surface area contributed by atoms with Crippen LogP contribution in [-0.4, -0.2) is 43.1 Å². The zero-order valence-electron chi connectivity index (χ0n) is 11.0. The quantitative estimate of drug-likeness (QED) is 0.830. The summed E-state index contributed by atoms with van der Waals surface area (Å²) in [5.74, 6) is 0.538. The Bertz CT molecular complexity index is 665. The zero-order valence-corrected chi connectivity index (χ0v) is 13.8. The van der Waals surface area contributed by atoms with E-state index in [0.29, 0.717) is 11.6 Å². The Labute approximate surface area is 133 Å². The number of benzene rings is 1. The molecule has 2 rings (SSSR count). The van der Waals surface area contributed by atoms with Crippen molar-refractivity contribution < 1.29 is 12.9 Å². The minimum atomic E-state index is -3.66. The Kier molecular flexibility index (Phi) is 5.17. The predicted octanol–water partition coefficient (Wildman–Crippen LogP) is 1.30. The summed E-state index contributed by atoms with van der Waals surface area (Å²) in [5, 5.41) is 11.8. The van der Waals surface area contributed by atoms with E-state index in [1.807, 2.05) is 13.8 Å². The summed E-state index contributed by atoms with van der Waals surface area (Å²) >= 11 is 0. The number of nitrogens with zero attached hydrogens (tertiary/aromatic N) is 1. The van der Waals surface area contributed by atoms with E-state index in [4.69, 9.17) is 9.66 Å². The van der Waals surface area contributed by atoms with Gasteiger partial charge in [-0.3, -0.25) is 0 Å². The summed E-state index contributed by atoms with van der Waals surface area (Å²) in [5.41, 5.74) is 2.41. The molecule has 0 unspecified atom stereocenters. The van der Waals surface area contributed by atoms with Crippen molar-refractivity contribution in [3.63, 3.8) is 0 Å². The minimum Gasteiger partial charge on any atom is -0.338 e. The molecule has 1 radical (unpaired) electrons. The first-order chi connectivity index (χ1) is 8.38. The smallest absolute Gasteiger partial charge is 0.238 e. The van der Waals surface area contributed by atoms with Crippen LogP contribution in [0.5, 0.6) is 0 Å². The number of aryl methyl sites for hydroxylation is 1. The Morgan fingerprint density at radius 3 is 2.21 bits per heavy atom. The van der Waals surface area contributed by atoms with Gasteiger partial charge in [-0.05, 0) is 38.1 Å². The van der Waals surface area contributed by atoms with E-state index in [9.17, 15) is 8.42 Å². The van der Waals surface area contributed by atoms with Gasteiger partial charge in [-0.2, -0.15) is 0 Å². The normalized spacial score (nSPS) is 10.9. The predicted molar refractivity (Wildman–Crippen MR) is 72.8 cm³/mol. The van der Waals surface area contributed by atoms with E-state index in [1.54, 1.807) is 12.1 Å². The second-order valence-corrected chi connectivity index (χ2v) is 5.48. The topological polar surface area (TPSA) is 98.2 Å². The summed E-state index contributed by atoms with van der Waals surface area (Å²) in [6.07, 6.45) is 0. The molecular formula is C11H13N3NaO3S. The van der Waals surface area contributed by atoms with Gasteiger partial charge in [0, 0.05) is 40.8 Å². The van der Waals surface area contributed by atoms with Crippen molar-refractivity contribution in [2.45, 2.75) is 18.7 Å². The fraction of sp³-hybridized carbons (Fsp3) is 0.182. The molecule has 0 saturated carbocycles. The Hall–Kier alpha value is -0.860. The molecule has 1 heterocycles. The van der Waals surface area contributed by atoms with Crippen LogP contribution in [0.15, 0.2) is 33.7 Å². The van der Waals surface area contributed by atoms with Crippen LogP contribution in [-0.2, 0) is 10.0 Å². The summed E-state index contributed by atoms with van der Waals surface area (Å²) < 4.78 is 27.3. The van der Waals surface area contributed by atoms with Crippen molar-refractivity contribution in [3.05, 3.63) is 35.5 Å². The van der Waals surface area contributed by atoms with E-state index in [-0.39, 0.29) is 34.5 Å². The fourth-order valence-electron chi connectivity index (χ4n) is 1.39. The number of primary sulfonamides is 1. The van der Waals surface area contributed by atoms with Crippen molar-refractivity contribution in [2.75, 3.05) is 5.32 Å². The van der Waals surface area contributed by atoms with E-state index >= 15 is 0 Å². The number of nitrogens with two attached hydrogens (primary N) is 1. The number of hydrogen-bond acceptors (Lipinski definition) is 5. The van der Waals surface area contributed by atoms with Crippen molar-refractivity contribution in [2.24, 2.45) is 5.14 Å². The Morgan fingerprint density at radius 2 is 1.79 bits per heavy atom. The molecule has 3 N–H and O–H groups in total. The SMILES string of the molecule is Cc1noc(Nc2ccc(S(N)(=O)=O)cc2)c1C.[Na].